The number of hydrogen-bond donors (Lipinski definition) is 2. The maximum absolute atomic E-state index is 4.43. The lowest BCUT2D eigenvalue weighted by atomic mass is 10.2. The molecule has 23 heavy (non-hydrogen) atoms. The number of para-hydroxylation sites is 1. The third kappa shape index (κ3) is 2.79. The van der Waals surface area contributed by atoms with E-state index in [1.165, 1.54) is 5.56 Å². The molecule has 0 radical (unpaired) electrons. The minimum Gasteiger partial charge on any atom is -0.266 e. The lowest BCUT2D eigenvalue weighted by Crippen LogP contribution is -2.40. The number of nitrogens with one attached hydrogen (secondary N) is 2. The van der Waals surface area contributed by atoms with Crippen LogP contribution in [0.5, 0.6) is 0 Å². The zero-order valence-electron chi connectivity index (χ0n) is 12.4. The second-order valence-corrected chi connectivity index (χ2v) is 5.24. The van der Waals surface area contributed by atoms with Crippen LogP contribution < -0.4 is 11.1 Å². The molecule has 2 aromatic carbocycles. The van der Waals surface area contributed by atoms with Crippen molar-refractivity contribution in [3.63, 3.8) is 0 Å². The molecular weight excluding hydrogens is 288 g/mol. The fraction of sp³-hybridized carbons (Fsp3) is 0.0588. The largest absolute Gasteiger partial charge is 0.266 e. The molecule has 114 valence electrons. The molecule has 1 aliphatic heterocycles. The van der Waals surface area contributed by atoms with Crippen LogP contribution in [0, 0.1) is 0 Å². The van der Waals surface area contributed by atoms with Crippen molar-refractivity contribution >= 4 is 5.84 Å². The van der Waals surface area contributed by atoms with E-state index < -0.39 is 0 Å². The van der Waals surface area contributed by atoms with Gasteiger partial charge in [0.1, 0.15) is 0 Å². The second-order valence-electron chi connectivity index (χ2n) is 5.24. The van der Waals surface area contributed by atoms with Crippen LogP contribution >= 0.6 is 0 Å². The van der Waals surface area contributed by atoms with E-state index in [9.17, 15) is 0 Å². The molecule has 6 nitrogen and oxygen atoms in total. The molecule has 0 unspecified atom stereocenters. The number of amidine groups is 1. The molecule has 0 aliphatic carbocycles. The zero-order valence-corrected chi connectivity index (χ0v) is 12.4. The van der Waals surface area contributed by atoms with Crippen molar-refractivity contribution in [2.24, 2.45) is 5.10 Å². The molecule has 0 saturated carbocycles. The van der Waals surface area contributed by atoms with E-state index in [1.807, 2.05) is 70.6 Å². The van der Waals surface area contributed by atoms with Crippen molar-refractivity contribution < 1.29 is 0 Å². The number of rotatable bonds is 4. The Labute approximate surface area is 134 Å². The normalized spacial score (nSPS) is 13.7. The van der Waals surface area contributed by atoms with E-state index in [1.54, 1.807) is 0 Å². The molecule has 0 amide bonds. The average molecular weight is 304 g/mol. The second kappa shape index (κ2) is 5.94. The first-order valence-corrected chi connectivity index (χ1v) is 7.40. The van der Waals surface area contributed by atoms with E-state index in [2.05, 4.69) is 33.4 Å². The van der Waals surface area contributed by atoms with Crippen molar-refractivity contribution in [1.82, 2.24) is 25.9 Å². The number of nitrogens with zero attached hydrogens (tertiary/aromatic N) is 4. The van der Waals surface area contributed by atoms with Crippen LogP contribution in [0.4, 0.5) is 0 Å². The van der Waals surface area contributed by atoms with Crippen molar-refractivity contribution in [3.05, 3.63) is 84.2 Å². The summed E-state index contributed by atoms with van der Waals surface area (Å²) in [5.41, 5.74) is 9.03. The maximum atomic E-state index is 4.43. The third-order valence-corrected chi connectivity index (χ3v) is 3.65. The Morgan fingerprint density at radius 2 is 1.65 bits per heavy atom. The van der Waals surface area contributed by atoms with Crippen molar-refractivity contribution in [1.29, 1.82) is 0 Å². The lowest BCUT2D eigenvalue weighted by molar-refractivity contribution is 0.288. The highest BCUT2D eigenvalue weighted by Gasteiger charge is 2.20. The van der Waals surface area contributed by atoms with Gasteiger partial charge in [-0.05, 0) is 17.7 Å². The smallest absolute Gasteiger partial charge is 0.176 e. The molecule has 1 aliphatic rings. The fourth-order valence-electron chi connectivity index (χ4n) is 2.51. The van der Waals surface area contributed by atoms with Gasteiger partial charge in [-0.3, -0.25) is 5.01 Å². The third-order valence-electron chi connectivity index (χ3n) is 3.65. The quantitative estimate of drug-likeness (QED) is 0.774. The van der Waals surface area contributed by atoms with E-state index in [4.69, 9.17) is 0 Å². The van der Waals surface area contributed by atoms with Crippen LogP contribution in [-0.4, -0.2) is 20.6 Å². The Balaban J connectivity index is 1.56. The number of aromatic nitrogens is 2. The number of benzene rings is 2. The summed E-state index contributed by atoms with van der Waals surface area (Å²) < 4.78 is 1.84. The van der Waals surface area contributed by atoms with Gasteiger partial charge in [-0.25, -0.2) is 10.2 Å². The molecule has 2 heterocycles. The van der Waals surface area contributed by atoms with Gasteiger partial charge < -0.3 is 0 Å². The lowest BCUT2D eigenvalue weighted by Gasteiger charge is -2.18. The minimum absolute atomic E-state index is 0.711. The van der Waals surface area contributed by atoms with Gasteiger partial charge in [-0.1, -0.05) is 48.5 Å². The first kappa shape index (κ1) is 13.5. The van der Waals surface area contributed by atoms with Crippen LogP contribution in [0.25, 0.3) is 5.69 Å². The monoisotopic (exact) mass is 304 g/mol. The zero-order chi connectivity index (χ0) is 15.5. The summed E-state index contributed by atoms with van der Waals surface area (Å²) in [5.74, 6) is 0.816. The highest BCUT2D eigenvalue weighted by atomic mass is 15.8. The van der Waals surface area contributed by atoms with Crippen molar-refractivity contribution in [2.75, 3.05) is 0 Å². The highest BCUT2D eigenvalue weighted by molar-refractivity contribution is 5.98. The summed E-state index contributed by atoms with van der Waals surface area (Å²) >= 11 is 0. The summed E-state index contributed by atoms with van der Waals surface area (Å²) in [4.78, 5) is 0. The van der Waals surface area contributed by atoms with Gasteiger partial charge in [0.2, 0.25) is 0 Å². The van der Waals surface area contributed by atoms with Gasteiger partial charge in [0, 0.05) is 6.20 Å². The first-order chi connectivity index (χ1) is 11.4. The van der Waals surface area contributed by atoms with Crippen LogP contribution in [0.15, 0.2) is 78.2 Å². The summed E-state index contributed by atoms with van der Waals surface area (Å²) in [6, 6.07) is 20.3. The Bertz CT molecular complexity index is 809. The molecule has 0 spiro atoms. The molecule has 0 fully saturated rings. The standard InChI is InChI=1S/C17H16N6/c1-3-7-14(8-4-1)12-23-17(19-20-21-23)15-11-18-22(13-15)16-9-5-2-6-10-16/h1-11,13,20-21H,12H2. The van der Waals surface area contributed by atoms with E-state index in [0.29, 0.717) is 6.54 Å². The van der Waals surface area contributed by atoms with E-state index in [-0.39, 0.29) is 0 Å². The average Bonchev–Trinajstić information content (AvgIpc) is 3.25. The number of hydrazone groups is 1. The van der Waals surface area contributed by atoms with E-state index >= 15 is 0 Å². The first-order valence-electron chi connectivity index (χ1n) is 7.40. The molecule has 2 N–H and O–H groups in total. The van der Waals surface area contributed by atoms with Gasteiger partial charge in [0.15, 0.2) is 5.84 Å². The molecule has 0 saturated heterocycles. The van der Waals surface area contributed by atoms with Gasteiger partial charge in [-0.2, -0.15) is 5.10 Å². The molecule has 0 bridgehead atoms. The highest BCUT2D eigenvalue weighted by Crippen LogP contribution is 2.13. The van der Waals surface area contributed by atoms with Gasteiger partial charge in [0.05, 0.1) is 24.0 Å². The van der Waals surface area contributed by atoms with Crippen LogP contribution in [-0.2, 0) is 6.54 Å². The fourth-order valence-corrected chi connectivity index (χ4v) is 2.51. The summed E-state index contributed by atoms with van der Waals surface area (Å²) in [6.07, 6.45) is 3.79. The Morgan fingerprint density at radius 3 is 2.43 bits per heavy atom. The summed E-state index contributed by atoms with van der Waals surface area (Å²) in [5, 5.41) is 10.7. The van der Waals surface area contributed by atoms with Gasteiger partial charge >= 0.3 is 0 Å². The van der Waals surface area contributed by atoms with Crippen LogP contribution in [0.1, 0.15) is 11.1 Å². The molecule has 4 rings (SSSR count). The van der Waals surface area contributed by atoms with Crippen LogP contribution in [0.2, 0.25) is 0 Å². The van der Waals surface area contributed by atoms with Gasteiger partial charge in [-0.15, -0.1) is 10.6 Å². The summed E-state index contributed by atoms with van der Waals surface area (Å²) in [6.45, 7) is 0.711. The predicted molar refractivity (Wildman–Crippen MR) is 88.4 cm³/mol. The SMILES string of the molecule is c1ccc(CN2NNN=C2c2cnn(-c3ccccc3)c2)cc1. The molecule has 0 atom stereocenters. The molecule has 6 heteroatoms. The number of hydrazine groups is 2. The minimum atomic E-state index is 0.711. The molecular formula is C17H16N6. The Hall–Kier alpha value is -3.12. The van der Waals surface area contributed by atoms with E-state index in [0.717, 1.165) is 17.1 Å². The van der Waals surface area contributed by atoms with Crippen molar-refractivity contribution in [3.8, 4) is 5.69 Å². The molecule has 1 aromatic heterocycles. The molecule has 3 aromatic rings. The topological polar surface area (TPSA) is 57.5 Å². The van der Waals surface area contributed by atoms with Crippen LogP contribution in [0.3, 0.4) is 0 Å². The Kier molecular flexibility index (Phi) is 3.50. The summed E-state index contributed by atoms with van der Waals surface area (Å²) in [7, 11) is 0. The maximum Gasteiger partial charge on any atom is 0.176 e. The van der Waals surface area contributed by atoms with Crippen molar-refractivity contribution in [2.45, 2.75) is 6.54 Å². The van der Waals surface area contributed by atoms with Gasteiger partial charge in [0.25, 0.3) is 0 Å². The Morgan fingerprint density at radius 1 is 0.913 bits per heavy atom. The predicted octanol–water partition coefficient (Wildman–Crippen LogP) is 2.06. The number of hydrogen-bond acceptors (Lipinski definition) is 5.